The van der Waals surface area contributed by atoms with Gasteiger partial charge in [0.1, 0.15) is 11.8 Å². The van der Waals surface area contributed by atoms with Crippen LogP contribution in [0.25, 0.3) is 0 Å². The first-order valence-corrected chi connectivity index (χ1v) is 11.9. The molecule has 0 heterocycles. The molecule has 0 saturated heterocycles. The average Bonchev–Trinajstić information content (AvgIpc) is 2.80. The number of rotatable bonds is 10. The lowest BCUT2D eigenvalue weighted by molar-refractivity contribution is -0.140. The van der Waals surface area contributed by atoms with Gasteiger partial charge in [0.25, 0.3) is 0 Å². The fourth-order valence-corrected chi connectivity index (χ4v) is 3.58. The summed E-state index contributed by atoms with van der Waals surface area (Å²) in [6, 6.07) is 15.6. The van der Waals surface area contributed by atoms with Crippen molar-refractivity contribution in [3.8, 4) is 5.75 Å². The Morgan fingerprint density at radius 2 is 1.70 bits per heavy atom. The molecular weight excluding hydrogens is 412 g/mol. The summed E-state index contributed by atoms with van der Waals surface area (Å²) in [5, 5.41) is 3.01. The van der Waals surface area contributed by atoms with Crippen molar-refractivity contribution in [2.75, 3.05) is 7.11 Å². The summed E-state index contributed by atoms with van der Waals surface area (Å²) in [5.41, 5.74) is 3.42. The van der Waals surface area contributed by atoms with Gasteiger partial charge in [0.15, 0.2) is 0 Å². The molecule has 5 heteroatoms. The van der Waals surface area contributed by atoms with Gasteiger partial charge in [-0.2, -0.15) is 0 Å². The van der Waals surface area contributed by atoms with Gasteiger partial charge in [0.2, 0.25) is 11.8 Å². The lowest BCUT2D eigenvalue weighted by atomic mass is 9.86. The second kappa shape index (κ2) is 11.9. The maximum Gasteiger partial charge on any atom is 0.242 e. The van der Waals surface area contributed by atoms with E-state index in [4.69, 9.17) is 4.74 Å². The molecule has 2 aromatic carbocycles. The van der Waals surface area contributed by atoms with Crippen LogP contribution in [0.1, 0.15) is 71.1 Å². The van der Waals surface area contributed by atoms with Crippen LogP contribution >= 0.6 is 0 Å². The molecule has 0 bridgehead atoms. The number of carbonyl (C=O) groups excluding carboxylic acids is 2. The molecule has 0 aliphatic carbocycles. The largest absolute Gasteiger partial charge is 0.497 e. The van der Waals surface area contributed by atoms with Crippen LogP contribution in [0.5, 0.6) is 5.75 Å². The molecule has 0 fully saturated rings. The maximum absolute atomic E-state index is 13.3. The van der Waals surface area contributed by atoms with Gasteiger partial charge in [-0.25, -0.2) is 0 Å². The van der Waals surface area contributed by atoms with E-state index in [-0.39, 0.29) is 23.3 Å². The lowest BCUT2D eigenvalue weighted by Gasteiger charge is -2.30. The third-order valence-corrected chi connectivity index (χ3v) is 6.10. The number of methoxy groups -OCH3 is 1. The maximum atomic E-state index is 13.3. The summed E-state index contributed by atoms with van der Waals surface area (Å²) >= 11 is 0. The highest BCUT2D eigenvalue weighted by Gasteiger charge is 2.26. The predicted octanol–water partition coefficient (Wildman–Crippen LogP) is 5.26. The first-order chi connectivity index (χ1) is 15.5. The summed E-state index contributed by atoms with van der Waals surface area (Å²) in [6.45, 7) is 12.7. The lowest BCUT2D eigenvalue weighted by Crippen LogP contribution is -2.49. The fraction of sp³-hybridized carbons (Fsp3) is 0.500. The normalized spacial score (nSPS) is 13.2. The van der Waals surface area contributed by atoms with Crippen LogP contribution in [0.15, 0.2) is 48.5 Å². The van der Waals surface area contributed by atoms with Crippen molar-refractivity contribution < 1.29 is 14.3 Å². The van der Waals surface area contributed by atoms with E-state index < -0.39 is 6.04 Å². The van der Waals surface area contributed by atoms with Crippen LogP contribution in [0.3, 0.4) is 0 Å². The van der Waals surface area contributed by atoms with E-state index in [2.05, 4.69) is 50.4 Å². The van der Waals surface area contributed by atoms with E-state index >= 15 is 0 Å². The summed E-state index contributed by atoms with van der Waals surface area (Å²) in [7, 11) is 1.62. The van der Waals surface area contributed by atoms with Gasteiger partial charge < -0.3 is 15.0 Å². The number of hydrogen-bond acceptors (Lipinski definition) is 3. The molecule has 2 aromatic rings. The standard InChI is InChI=1S/C28H40N2O3/c1-8-20(2)29-27(32)21(3)30(19-23-10-9-11-25(18-23)33-7)26(31)17-14-22-12-15-24(16-13-22)28(4,5)6/h9-13,15-16,18,20-21H,8,14,17,19H2,1-7H3,(H,29,32)/t20-,21+/m1/s1. The van der Waals surface area contributed by atoms with Gasteiger partial charge in [0, 0.05) is 19.0 Å². The van der Waals surface area contributed by atoms with Gasteiger partial charge in [-0.1, -0.05) is 64.1 Å². The van der Waals surface area contributed by atoms with E-state index in [1.54, 1.807) is 18.9 Å². The zero-order chi connectivity index (χ0) is 24.6. The Kier molecular flexibility index (Phi) is 9.51. The Labute approximate surface area is 199 Å². The Morgan fingerprint density at radius 1 is 1.03 bits per heavy atom. The van der Waals surface area contributed by atoms with Crippen LogP contribution < -0.4 is 10.1 Å². The zero-order valence-electron chi connectivity index (χ0n) is 21.3. The number of carbonyl (C=O) groups is 2. The Hall–Kier alpha value is -2.82. The zero-order valence-corrected chi connectivity index (χ0v) is 21.3. The van der Waals surface area contributed by atoms with Gasteiger partial charge in [-0.15, -0.1) is 0 Å². The minimum absolute atomic E-state index is 0.0375. The van der Waals surface area contributed by atoms with E-state index in [1.807, 2.05) is 38.1 Å². The van der Waals surface area contributed by atoms with Crippen LogP contribution in [0.4, 0.5) is 0 Å². The number of amides is 2. The molecular formula is C28H40N2O3. The highest BCUT2D eigenvalue weighted by atomic mass is 16.5. The van der Waals surface area contributed by atoms with Crippen molar-refractivity contribution in [1.29, 1.82) is 0 Å². The summed E-state index contributed by atoms with van der Waals surface area (Å²) < 4.78 is 5.33. The van der Waals surface area contributed by atoms with E-state index in [0.717, 1.165) is 23.3 Å². The molecule has 2 atom stereocenters. The number of nitrogens with one attached hydrogen (secondary N) is 1. The van der Waals surface area contributed by atoms with Crippen LogP contribution in [-0.4, -0.2) is 35.9 Å². The van der Waals surface area contributed by atoms with Crippen LogP contribution in [-0.2, 0) is 28.0 Å². The first kappa shape index (κ1) is 26.4. The van der Waals surface area contributed by atoms with Gasteiger partial charge >= 0.3 is 0 Å². The average molecular weight is 453 g/mol. The van der Waals surface area contributed by atoms with Crippen molar-refractivity contribution in [2.24, 2.45) is 0 Å². The SMILES string of the molecule is CC[C@@H](C)NC(=O)[C@H](C)N(Cc1cccc(OC)c1)C(=O)CCc1ccc(C(C)(C)C)cc1. The quantitative estimate of drug-likeness (QED) is 0.535. The molecule has 0 spiro atoms. The smallest absolute Gasteiger partial charge is 0.242 e. The predicted molar refractivity (Wildman–Crippen MR) is 134 cm³/mol. The Balaban J connectivity index is 2.16. The third kappa shape index (κ3) is 7.92. The molecule has 0 unspecified atom stereocenters. The van der Waals surface area contributed by atoms with Crippen molar-refractivity contribution >= 4 is 11.8 Å². The minimum atomic E-state index is -0.569. The van der Waals surface area contributed by atoms with Crippen molar-refractivity contribution in [1.82, 2.24) is 10.2 Å². The number of nitrogens with zero attached hydrogens (tertiary/aromatic N) is 1. The second-order valence-electron chi connectivity index (χ2n) is 9.81. The molecule has 2 rings (SSSR count). The third-order valence-electron chi connectivity index (χ3n) is 6.10. The van der Waals surface area contributed by atoms with Gasteiger partial charge in [-0.05, 0) is 60.9 Å². The summed E-state index contributed by atoms with van der Waals surface area (Å²) in [6.07, 6.45) is 1.82. The minimum Gasteiger partial charge on any atom is -0.497 e. The molecule has 0 aliphatic rings. The molecule has 0 radical (unpaired) electrons. The summed E-state index contributed by atoms with van der Waals surface area (Å²) in [5.74, 6) is 0.565. The van der Waals surface area contributed by atoms with E-state index in [1.165, 1.54) is 5.56 Å². The number of benzene rings is 2. The van der Waals surface area contributed by atoms with Crippen molar-refractivity contribution in [3.63, 3.8) is 0 Å². The Morgan fingerprint density at radius 3 is 2.27 bits per heavy atom. The van der Waals surface area contributed by atoms with Crippen molar-refractivity contribution in [3.05, 3.63) is 65.2 Å². The van der Waals surface area contributed by atoms with Crippen molar-refractivity contribution in [2.45, 2.75) is 84.8 Å². The van der Waals surface area contributed by atoms with Crippen LogP contribution in [0.2, 0.25) is 0 Å². The second-order valence-corrected chi connectivity index (χ2v) is 9.81. The highest BCUT2D eigenvalue weighted by Crippen LogP contribution is 2.23. The molecule has 0 aliphatic heterocycles. The topological polar surface area (TPSA) is 58.6 Å². The van der Waals surface area contributed by atoms with Gasteiger partial charge in [0.05, 0.1) is 7.11 Å². The monoisotopic (exact) mass is 452 g/mol. The molecule has 5 nitrogen and oxygen atoms in total. The molecule has 2 amide bonds. The molecule has 1 N–H and O–H groups in total. The Bertz CT molecular complexity index is 915. The van der Waals surface area contributed by atoms with E-state index in [9.17, 15) is 9.59 Å². The molecule has 33 heavy (non-hydrogen) atoms. The fourth-order valence-electron chi connectivity index (χ4n) is 3.58. The highest BCUT2D eigenvalue weighted by molar-refractivity contribution is 5.87. The van der Waals surface area contributed by atoms with Crippen LogP contribution in [0, 0.1) is 0 Å². The van der Waals surface area contributed by atoms with E-state index in [0.29, 0.717) is 19.4 Å². The number of hydrogen-bond donors (Lipinski definition) is 1. The number of aryl methyl sites for hydroxylation is 1. The molecule has 0 saturated carbocycles. The van der Waals surface area contributed by atoms with Gasteiger partial charge in [-0.3, -0.25) is 9.59 Å². The summed E-state index contributed by atoms with van der Waals surface area (Å²) in [4.78, 5) is 27.8. The number of ether oxygens (including phenoxy) is 1. The molecule has 0 aromatic heterocycles. The molecule has 180 valence electrons. The first-order valence-electron chi connectivity index (χ1n) is 11.9.